The first-order valence-corrected chi connectivity index (χ1v) is 15.2. The lowest BCUT2D eigenvalue weighted by molar-refractivity contribution is -0.153. The Kier molecular flexibility index (Phi) is 7.04. The van der Waals surface area contributed by atoms with E-state index in [-0.39, 0.29) is 29.7 Å². The molecule has 4 atom stereocenters. The molecule has 0 saturated heterocycles. The van der Waals surface area contributed by atoms with Gasteiger partial charge >= 0.3 is 0 Å². The number of Topliss-reactive ketones (excluding diaryl/α,β-unsaturated/α-hetero) is 2. The van der Waals surface area contributed by atoms with E-state index in [1.54, 1.807) is 14.1 Å². The second-order valence-electron chi connectivity index (χ2n) is 12.1. The molecule has 11 heteroatoms. The fourth-order valence-corrected chi connectivity index (χ4v) is 8.22. The van der Waals surface area contributed by atoms with E-state index in [0.29, 0.717) is 23.7 Å². The molecule has 0 aliphatic heterocycles. The van der Waals surface area contributed by atoms with Gasteiger partial charge in [-0.25, -0.2) is 0 Å². The zero-order chi connectivity index (χ0) is 30.1. The van der Waals surface area contributed by atoms with Gasteiger partial charge in [0.15, 0.2) is 11.4 Å². The summed E-state index contributed by atoms with van der Waals surface area (Å²) in [5.74, 6) is -6.46. The molecule has 42 heavy (non-hydrogen) atoms. The first-order valence-electron chi connectivity index (χ1n) is 14.2. The van der Waals surface area contributed by atoms with Crippen LogP contribution in [0.5, 0.6) is 5.75 Å². The molecule has 10 nitrogen and oxygen atoms in total. The Bertz CT molecular complexity index is 1550. The molecule has 7 N–H and O–H groups in total. The van der Waals surface area contributed by atoms with E-state index in [0.717, 1.165) is 36.8 Å². The van der Waals surface area contributed by atoms with Crippen LogP contribution in [-0.2, 0) is 27.3 Å². The summed E-state index contributed by atoms with van der Waals surface area (Å²) in [4.78, 5) is 41.2. The maximum atomic E-state index is 14.2. The van der Waals surface area contributed by atoms with Crippen LogP contribution in [0.15, 0.2) is 39.8 Å². The number of primary amides is 1. The number of phenols is 1. The smallest absolute Gasteiger partial charge is 0.255 e. The predicted molar refractivity (Wildman–Crippen MR) is 157 cm³/mol. The van der Waals surface area contributed by atoms with E-state index in [1.807, 2.05) is 22.9 Å². The molecule has 1 aromatic heterocycles. The van der Waals surface area contributed by atoms with Crippen LogP contribution in [0.2, 0.25) is 0 Å². The van der Waals surface area contributed by atoms with Crippen molar-refractivity contribution in [1.82, 2.24) is 10.2 Å². The van der Waals surface area contributed by atoms with Gasteiger partial charge in [0.1, 0.15) is 22.8 Å². The molecular weight excluding hydrogens is 558 g/mol. The summed E-state index contributed by atoms with van der Waals surface area (Å²) in [7, 11) is 3.17. The van der Waals surface area contributed by atoms with Crippen molar-refractivity contribution in [2.45, 2.75) is 62.8 Å². The van der Waals surface area contributed by atoms with Crippen LogP contribution >= 0.6 is 11.3 Å². The zero-order valence-electron chi connectivity index (χ0n) is 23.5. The van der Waals surface area contributed by atoms with E-state index >= 15 is 0 Å². The lowest BCUT2D eigenvalue weighted by Gasteiger charge is -2.50. The number of fused-ring (bicyclic) bond motifs is 3. The number of hydrogen-bond donors (Lipinski definition) is 6. The summed E-state index contributed by atoms with van der Waals surface area (Å²) in [5, 5.41) is 53.6. The highest BCUT2D eigenvalue weighted by Gasteiger charge is 2.64. The third-order valence-corrected chi connectivity index (χ3v) is 10.3. The topological polar surface area (TPSA) is 173 Å². The number of carbonyl (C=O) groups excluding carboxylic acids is 3. The average molecular weight is 594 g/mol. The molecule has 0 radical (unpaired) electrons. The van der Waals surface area contributed by atoms with Crippen molar-refractivity contribution in [3.05, 3.63) is 56.5 Å². The van der Waals surface area contributed by atoms with E-state index in [2.05, 4.69) is 5.32 Å². The number of likely N-dealkylation sites (N-methyl/N-ethyl adjacent to an activating group) is 1. The lowest BCUT2D eigenvalue weighted by atomic mass is 9.57. The highest BCUT2D eigenvalue weighted by atomic mass is 32.1. The Morgan fingerprint density at radius 2 is 1.90 bits per heavy atom. The van der Waals surface area contributed by atoms with Gasteiger partial charge < -0.3 is 31.5 Å². The molecule has 0 spiro atoms. The number of hydrogen-bond acceptors (Lipinski definition) is 10. The van der Waals surface area contributed by atoms with Crippen LogP contribution in [0.1, 0.15) is 48.8 Å². The van der Waals surface area contributed by atoms with Crippen LogP contribution in [0.25, 0.3) is 16.9 Å². The standard InChI is InChI=1S/C31H35N3O7S/c1-34(2)24-20-11-15-9-19-18(14-7-8-42-13-14)10-16(12-33-17-5-3-4-6-17)25(35)22(19)26(36)21(15)28(38)31(20,41)29(39)23(27(24)37)30(32)40/h7-8,10,13,15,17,20,24,33,35-36,39,41H,3-6,9,11-12H2,1-2H3,(H2,32,40). The van der Waals surface area contributed by atoms with Crippen molar-refractivity contribution in [2.24, 2.45) is 17.6 Å². The number of ketones is 2. The van der Waals surface area contributed by atoms with Gasteiger partial charge in [-0.3, -0.25) is 19.3 Å². The van der Waals surface area contributed by atoms with Crippen LogP contribution in [0.3, 0.4) is 0 Å². The molecule has 1 amide bonds. The van der Waals surface area contributed by atoms with Gasteiger partial charge in [0, 0.05) is 29.6 Å². The first kappa shape index (κ1) is 28.6. The Labute approximate surface area is 247 Å². The highest BCUT2D eigenvalue weighted by Crippen LogP contribution is 2.54. The predicted octanol–water partition coefficient (Wildman–Crippen LogP) is 2.72. The number of nitrogens with two attached hydrogens (primary N) is 1. The molecule has 0 bridgehead atoms. The molecular formula is C31H35N3O7S. The van der Waals surface area contributed by atoms with Crippen LogP contribution in [-0.4, -0.2) is 74.6 Å². The number of carbonyl (C=O) groups is 3. The van der Waals surface area contributed by atoms with Gasteiger partial charge in [-0.1, -0.05) is 12.8 Å². The summed E-state index contributed by atoms with van der Waals surface area (Å²) >= 11 is 1.52. The molecule has 1 aromatic carbocycles. The number of nitrogens with one attached hydrogen (secondary N) is 1. The van der Waals surface area contributed by atoms with Crippen molar-refractivity contribution in [3.8, 4) is 16.9 Å². The maximum Gasteiger partial charge on any atom is 0.255 e. The average Bonchev–Trinajstić information content (AvgIpc) is 3.65. The number of rotatable bonds is 6. The minimum Gasteiger partial charge on any atom is -0.508 e. The second kappa shape index (κ2) is 10.3. The number of aliphatic hydroxyl groups excluding tert-OH is 2. The molecule has 4 unspecified atom stereocenters. The quantitative estimate of drug-likeness (QED) is 0.275. The van der Waals surface area contributed by atoms with E-state index in [1.165, 1.54) is 16.2 Å². The molecule has 6 rings (SSSR count). The summed E-state index contributed by atoms with van der Waals surface area (Å²) in [6.45, 7) is 0.366. The summed E-state index contributed by atoms with van der Waals surface area (Å²) in [6, 6.07) is 3.11. The second-order valence-corrected chi connectivity index (χ2v) is 12.9. The Morgan fingerprint density at radius 1 is 1.19 bits per heavy atom. The molecule has 2 fully saturated rings. The van der Waals surface area contributed by atoms with Crippen molar-refractivity contribution in [3.63, 3.8) is 0 Å². The van der Waals surface area contributed by atoms with Gasteiger partial charge in [0.05, 0.1) is 11.6 Å². The van der Waals surface area contributed by atoms with E-state index in [9.17, 15) is 34.8 Å². The monoisotopic (exact) mass is 593 g/mol. The summed E-state index contributed by atoms with van der Waals surface area (Å²) in [5.41, 5.74) is 4.90. The largest absolute Gasteiger partial charge is 0.508 e. The molecule has 2 saturated carbocycles. The van der Waals surface area contributed by atoms with Gasteiger partial charge in [-0.05, 0) is 85.3 Å². The molecule has 222 valence electrons. The molecule has 4 aliphatic carbocycles. The molecule has 1 heterocycles. The fraction of sp³-hybridized carbons (Fsp3) is 0.452. The zero-order valence-corrected chi connectivity index (χ0v) is 24.3. The number of nitrogens with zero attached hydrogens (tertiary/aromatic N) is 1. The number of aromatic hydroxyl groups is 1. The SMILES string of the molecule is CN(C)C1C(=O)C(C(N)=O)=C(O)C2(O)C(=O)C3=C(O)c4c(O)c(CNC5CCCC5)cc(-c5ccsc5)c4CC3CC12. The van der Waals surface area contributed by atoms with E-state index in [4.69, 9.17) is 5.73 Å². The highest BCUT2D eigenvalue weighted by molar-refractivity contribution is 7.08. The van der Waals surface area contributed by atoms with Crippen molar-refractivity contribution in [1.29, 1.82) is 0 Å². The van der Waals surface area contributed by atoms with Crippen molar-refractivity contribution < 1.29 is 34.8 Å². The van der Waals surface area contributed by atoms with Gasteiger partial charge in [-0.2, -0.15) is 11.3 Å². The molecule has 4 aliphatic rings. The minimum atomic E-state index is -2.65. The maximum absolute atomic E-state index is 14.2. The molecule has 2 aromatic rings. The number of amides is 1. The summed E-state index contributed by atoms with van der Waals surface area (Å²) in [6.07, 6.45) is 4.70. The van der Waals surface area contributed by atoms with Crippen LogP contribution in [0.4, 0.5) is 0 Å². The fourth-order valence-electron chi connectivity index (χ4n) is 7.56. The number of aliphatic hydroxyl groups is 3. The van der Waals surface area contributed by atoms with Crippen molar-refractivity contribution >= 4 is 34.6 Å². The first-order chi connectivity index (χ1) is 20.0. The Hall–Kier alpha value is -3.51. The van der Waals surface area contributed by atoms with Gasteiger partial charge in [0.25, 0.3) is 5.91 Å². The minimum absolute atomic E-state index is 0.0561. The Balaban J connectivity index is 1.52. The van der Waals surface area contributed by atoms with Crippen LogP contribution < -0.4 is 11.1 Å². The number of benzene rings is 1. The van der Waals surface area contributed by atoms with Crippen LogP contribution in [0, 0.1) is 11.8 Å². The number of thiophene rings is 1. The number of phenolic OH excluding ortho intramolecular Hbond substituents is 1. The van der Waals surface area contributed by atoms with Gasteiger partial charge in [-0.15, -0.1) is 0 Å². The third-order valence-electron chi connectivity index (χ3n) is 9.57. The van der Waals surface area contributed by atoms with Crippen molar-refractivity contribution in [2.75, 3.05) is 14.1 Å². The van der Waals surface area contributed by atoms with Gasteiger partial charge in [0.2, 0.25) is 5.78 Å². The third kappa shape index (κ3) is 4.13. The normalized spacial score (nSPS) is 27.9. The van der Waals surface area contributed by atoms with E-state index < -0.39 is 58.0 Å². The lowest BCUT2D eigenvalue weighted by Crippen LogP contribution is -2.65. The summed E-state index contributed by atoms with van der Waals surface area (Å²) < 4.78 is 0. The Morgan fingerprint density at radius 3 is 2.52 bits per heavy atom.